The molecule has 1 aromatic heterocycles. The number of carbonyl (C=O) groups excluding carboxylic acids is 2. The molecule has 3 N–H and O–H groups in total. The highest BCUT2D eigenvalue weighted by Crippen LogP contribution is 2.11. The number of ether oxygens (including phenoxy) is 1. The fourth-order valence-corrected chi connectivity index (χ4v) is 1.41. The first-order valence-corrected chi connectivity index (χ1v) is 5.64. The summed E-state index contributed by atoms with van der Waals surface area (Å²) in [6, 6.07) is 6.63. The zero-order valence-corrected chi connectivity index (χ0v) is 10.6. The van der Waals surface area contributed by atoms with E-state index in [0.29, 0.717) is 11.3 Å². The standard InChI is InChI=1S/C11H12N6O3/c1-20-9(18)6-12-8-4-2-3-7(5-8)10(19)13-11-14-16-17-15-11/h2-5,12H,6H2,1H3,(H2,13,14,15,16,17,19). The second-order valence-corrected chi connectivity index (χ2v) is 3.70. The lowest BCUT2D eigenvalue weighted by Gasteiger charge is -2.06. The Morgan fingerprint density at radius 3 is 2.95 bits per heavy atom. The van der Waals surface area contributed by atoms with Crippen molar-refractivity contribution in [1.29, 1.82) is 0 Å². The van der Waals surface area contributed by atoms with Crippen LogP contribution >= 0.6 is 0 Å². The van der Waals surface area contributed by atoms with Gasteiger partial charge in [0, 0.05) is 11.3 Å². The van der Waals surface area contributed by atoms with E-state index in [1.165, 1.54) is 7.11 Å². The van der Waals surface area contributed by atoms with Crippen molar-refractivity contribution >= 4 is 23.5 Å². The van der Waals surface area contributed by atoms with Crippen molar-refractivity contribution in [2.45, 2.75) is 0 Å². The van der Waals surface area contributed by atoms with Crippen LogP contribution < -0.4 is 10.6 Å². The number of esters is 1. The summed E-state index contributed by atoms with van der Waals surface area (Å²) in [5, 5.41) is 18.1. The Balaban J connectivity index is 2.01. The molecule has 0 bridgehead atoms. The van der Waals surface area contributed by atoms with E-state index >= 15 is 0 Å². The maximum atomic E-state index is 11.9. The molecule has 0 saturated heterocycles. The number of hydrogen-bond acceptors (Lipinski definition) is 7. The Bertz CT molecular complexity index is 598. The van der Waals surface area contributed by atoms with Crippen LogP contribution in [0.4, 0.5) is 11.6 Å². The van der Waals surface area contributed by atoms with Gasteiger partial charge in [-0.1, -0.05) is 11.2 Å². The number of nitrogens with zero attached hydrogens (tertiary/aromatic N) is 3. The lowest BCUT2D eigenvalue weighted by Crippen LogP contribution is -2.16. The number of rotatable bonds is 5. The Morgan fingerprint density at radius 1 is 1.40 bits per heavy atom. The molecule has 9 nitrogen and oxygen atoms in total. The lowest BCUT2D eigenvalue weighted by molar-refractivity contribution is -0.138. The average molecular weight is 276 g/mol. The molecule has 0 aliphatic heterocycles. The maximum absolute atomic E-state index is 11.9. The van der Waals surface area contributed by atoms with Gasteiger partial charge in [-0.05, 0) is 23.4 Å². The predicted molar refractivity (Wildman–Crippen MR) is 69.1 cm³/mol. The third-order valence-electron chi connectivity index (χ3n) is 2.36. The zero-order chi connectivity index (χ0) is 14.4. The molecule has 104 valence electrons. The highest BCUT2D eigenvalue weighted by molar-refractivity contribution is 6.03. The summed E-state index contributed by atoms with van der Waals surface area (Å²) in [6.45, 7) is 0.0203. The molecule has 2 rings (SSSR count). The number of carbonyl (C=O) groups is 2. The van der Waals surface area contributed by atoms with Crippen LogP contribution in [0.3, 0.4) is 0 Å². The Labute approximate surface area is 113 Å². The van der Waals surface area contributed by atoms with E-state index in [1.54, 1.807) is 24.3 Å². The van der Waals surface area contributed by atoms with Gasteiger partial charge >= 0.3 is 5.97 Å². The number of methoxy groups -OCH3 is 1. The number of hydrogen-bond donors (Lipinski definition) is 3. The Hall–Kier alpha value is -2.97. The summed E-state index contributed by atoms with van der Waals surface area (Å²) in [6.07, 6.45) is 0. The molecular formula is C11H12N6O3. The molecule has 0 radical (unpaired) electrons. The highest BCUT2D eigenvalue weighted by Gasteiger charge is 2.09. The van der Waals surface area contributed by atoms with Crippen LogP contribution in [0.25, 0.3) is 0 Å². The molecule has 1 amide bonds. The largest absolute Gasteiger partial charge is 0.468 e. The molecular weight excluding hydrogens is 264 g/mol. The van der Waals surface area contributed by atoms with Crippen LogP contribution in [0.2, 0.25) is 0 Å². The molecule has 9 heteroatoms. The minimum atomic E-state index is -0.397. The quantitative estimate of drug-likeness (QED) is 0.659. The van der Waals surface area contributed by atoms with Gasteiger partial charge in [-0.15, -0.1) is 5.10 Å². The van der Waals surface area contributed by atoms with E-state index < -0.39 is 5.97 Å². The van der Waals surface area contributed by atoms with Gasteiger partial charge in [0.2, 0.25) is 0 Å². The lowest BCUT2D eigenvalue weighted by atomic mass is 10.2. The van der Waals surface area contributed by atoms with Gasteiger partial charge in [-0.3, -0.25) is 14.9 Å². The number of H-pyrrole nitrogens is 1. The van der Waals surface area contributed by atoms with Gasteiger partial charge in [-0.25, -0.2) is 0 Å². The maximum Gasteiger partial charge on any atom is 0.325 e. The summed E-state index contributed by atoms with van der Waals surface area (Å²) in [5.74, 6) is -0.692. The fourth-order valence-electron chi connectivity index (χ4n) is 1.41. The van der Waals surface area contributed by atoms with Gasteiger partial charge in [0.1, 0.15) is 6.54 Å². The molecule has 0 aliphatic rings. The van der Waals surface area contributed by atoms with Crippen LogP contribution in [0.1, 0.15) is 10.4 Å². The van der Waals surface area contributed by atoms with Crippen LogP contribution in [0.15, 0.2) is 24.3 Å². The van der Waals surface area contributed by atoms with Crippen molar-refractivity contribution in [2.24, 2.45) is 0 Å². The highest BCUT2D eigenvalue weighted by atomic mass is 16.5. The second kappa shape index (κ2) is 6.27. The molecule has 1 heterocycles. The average Bonchev–Trinajstić information content (AvgIpc) is 2.98. The first-order valence-electron chi connectivity index (χ1n) is 5.64. The minimum Gasteiger partial charge on any atom is -0.468 e. The molecule has 0 saturated carbocycles. The minimum absolute atomic E-state index is 0.0203. The van der Waals surface area contributed by atoms with Crippen molar-refractivity contribution in [1.82, 2.24) is 20.6 Å². The predicted octanol–water partition coefficient (Wildman–Crippen LogP) is 0.0369. The summed E-state index contributed by atoms with van der Waals surface area (Å²) >= 11 is 0. The normalized spacial score (nSPS) is 9.85. The smallest absolute Gasteiger partial charge is 0.325 e. The summed E-state index contributed by atoms with van der Waals surface area (Å²) in [7, 11) is 1.30. The van der Waals surface area contributed by atoms with Crippen molar-refractivity contribution in [3.63, 3.8) is 0 Å². The van der Waals surface area contributed by atoms with Gasteiger partial charge in [-0.2, -0.15) is 5.21 Å². The zero-order valence-electron chi connectivity index (χ0n) is 10.6. The Morgan fingerprint density at radius 2 is 2.25 bits per heavy atom. The number of amides is 1. The molecule has 2 aromatic rings. The molecule has 0 spiro atoms. The van der Waals surface area contributed by atoms with Gasteiger partial charge in [0.05, 0.1) is 7.11 Å². The van der Waals surface area contributed by atoms with Gasteiger partial charge < -0.3 is 10.1 Å². The van der Waals surface area contributed by atoms with Crippen LogP contribution in [0.5, 0.6) is 0 Å². The van der Waals surface area contributed by atoms with Crippen molar-refractivity contribution < 1.29 is 14.3 Å². The fraction of sp³-hybridized carbons (Fsp3) is 0.182. The van der Waals surface area contributed by atoms with Crippen LogP contribution in [-0.4, -0.2) is 46.2 Å². The number of aromatic nitrogens is 4. The monoisotopic (exact) mass is 276 g/mol. The van der Waals surface area contributed by atoms with Crippen molar-refractivity contribution in [2.75, 3.05) is 24.3 Å². The van der Waals surface area contributed by atoms with E-state index in [4.69, 9.17) is 0 Å². The third-order valence-corrected chi connectivity index (χ3v) is 2.36. The molecule has 0 unspecified atom stereocenters. The SMILES string of the molecule is COC(=O)CNc1cccc(C(=O)Nc2nn[nH]n2)c1. The van der Waals surface area contributed by atoms with E-state index in [2.05, 4.69) is 36.0 Å². The number of nitrogens with one attached hydrogen (secondary N) is 3. The number of tetrazole rings is 1. The third kappa shape index (κ3) is 3.51. The second-order valence-electron chi connectivity index (χ2n) is 3.70. The summed E-state index contributed by atoms with van der Waals surface area (Å²) in [5.41, 5.74) is 1.01. The topological polar surface area (TPSA) is 122 Å². The number of aromatic amines is 1. The van der Waals surface area contributed by atoms with E-state index in [0.717, 1.165) is 0 Å². The summed E-state index contributed by atoms with van der Waals surface area (Å²) < 4.78 is 4.51. The molecule has 0 atom stereocenters. The first kappa shape index (κ1) is 13.5. The Kier molecular flexibility index (Phi) is 4.22. The van der Waals surface area contributed by atoms with Crippen LogP contribution in [-0.2, 0) is 9.53 Å². The molecule has 20 heavy (non-hydrogen) atoms. The number of anilines is 2. The summed E-state index contributed by atoms with van der Waals surface area (Å²) in [4.78, 5) is 22.9. The van der Waals surface area contributed by atoms with Crippen LogP contribution in [0, 0.1) is 0 Å². The van der Waals surface area contributed by atoms with E-state index in [-0.39, 0.29) is 18.4 Å². The molecule has 0 fully saturated rings. The molecule has 1 aromatic carbocycles. The van der Waals surface area contributed by atoms with Crippen molar-refractivity contribution in [3.8, 4) is 0 Å². The van der Waals surface area contributed by atoms with E-state index in [9.17, 15) is 9.59 Å². The van der Waals surface area contributed by atoms with Gasteiger partial charge in [0.15, 0.2) is 0 Å². The first-order chi connectivity index (χ1) is 9.69. The molecule has 0 aliphatic carbocycles. The van der Waals surface area contributed by atoms with E-state index in [1.807, 2.05) is 0 Å². The van der Waals surface area contributed by atoms with Crippen molar-refractivity contribution in [3.05, 3.63) is 29.8 Å². The number of benzene rings is 1. The van der Waals surface area contributed by atoms with Gasteiger partial charge in [0.25, 0.3) is 11.9 Å².